The summed E-state index contributed by atoms with van der Waals surface area (Å²) in [7, 11) is 0. The molecule has 1 fully saturated rings. The molecule has 94 valence electrons. The summed E-state index contributed by atoms with van der Waals surface area (Å²) in [6.45, 7) is 3.00. The number of anilines is 1. The van der Waals surface area contributed by atoms with Crippen LogP contribution in [0.5, 0.6) is 0 Å². The summed E-state index contributed by atoms with van der Waals surface area (Å²) < 4.78 is 0. The predicted octanol–water partition coefficient (Wildman–Crippen LogP) is 1.20. The number of carbonyl (C=O) groups is 1. The lowest BCUT2D eigenvalue weighted by Crippen LogP contribution is -2.30. The third-order valence-electron chi connectivity index (χ3n) is 2.94. The molecule has 0 aromatic carbocycles. The van der Waals surface area contributed by atoms with Gasteiger partial charge in [0.2, 0.25) is 5.91 Å². The van der Waals surface area contributed by atoms with E-state index in [1.54, 1.807) is 12.3 Å². The van der Waals surface area contributed by atoms with Gasteiger partial charge in [-0.15, -0.1) is 0 Å². The van der Waals surface area contributed by atoms with Crippen LogP contribution >= 0.6 is 0 Å². The maximum Gasteiger partial charge on any atom is 0.223 e. The highest BCUT2D eigenvalue weighted by Gasteiger charge is 2.28. The summed E-state index contributed by atoms with van der Waals surface area (Å²) in [5, 5.41) is 15.0. The molecule has 0 aliphatic heterocycles. The maximum atomic E-state index is 11.4. The van der Waals surface area contributed by atoms with E-state index in [4.69, 9.17) is 5.26 Å². The van der Waals surface area contributed by atoms with Crippen LogP contribution in [-0.4, -0.2) is 24.0 Å². The van der Waals surface area contributed by atoms with Crippen molar-refractivity contribution in [2.45, 2.75) is 19.8 Å². The Morgan fingerprint density at radius 3 is 3.00 bits per heavy atom. The SMILES string of the molecule is Cc1ccnc(NCCNC(=O)C2CC2)c1C#N. The minimum atomic E-state index is 0.134. The number of carbonyl (C=O) groups excluding carboxylic acids is 1. The molecule has 0 atom stereocenters. The van der Waals surface area contributed by atoms with Crippen LogP contribution in [0.1, 0.15) is 24.0 Å². The molecule has 1 heterocycles. The minimum Gasteiger partial charge on any atom is -0.367 e. The van der Waals surface area contributed by atoms with Gasteiger partial charge in [-0.25, -0.2) is 4.98 Å². The summed E-state index contributed by atoms with van der Waals surface area (Å²) in [5.41, 5.74) is 1.46. The second-order valence-electron chi connectivity index (χ2n) is 4.46. The fraction of sp³-hybridized carbons (Fsp3) is 0.462. The van der Waals surface area contributed by atoms with E-state index in [0.29, 0.717) is 24.5 Å². The lowest BCUT2D eigenvalue weighted by Gasteiger charge is -2.09. The zero-order chi connectivity index (χ0) is 13.0. The summed E-state index contributed by atoms with van der Waals surface area (Å²) in [5.74, 6) is 0.949. The molecule has 1 saturated carbocycles. The van der Waals surface area contributed by atoms with Crippen LogP contribution in [-0.2, 0) is 4.79 Å². The Hall–Kier alpha value is -2.09. The molecule has 1 aromatic rings. The average Bonchev–Trinajstić information content (AvgIpc) is 3.18. The van der Waals surface area contributed by atoms with Crippen molar-refractivity contribution in [1.82, 2.24) is 10.3 Å². The smallest absolute Gasteiger partial charge is 0.223 e. The number of rotatable bonds is 5. The van der Waals surface area contributed by atoms with E-state index in [1.807, 2.05) is 6.92 Å². The highest BCUT2D eigenvalue weighted by Crippen LogP contribution is 2.28. The molecule has 0 bridgehead atoms. The van der Waals surface area contributed by atoms with Gasteiger partial charge >= 0.3 is 0 Å². The topological polar surface area (TPSA) is 77.8 Å². The normalized spacial score (nSPS) is 13.8. The first kappa shape index (κ1) is 12.4. The van der Waals surface area contributed by atoms with Gasteiger partial charge in [-0.3, -0.25) is 4.79 Å². The third-order valence-corrected chi connectivity index (χ3v) is 2.94. The van der Waals surface area contributed by atoms with E-state index in [0.717, 1.165) is 18.4 Å². The standard InChI is InChI=1S/C13H16N4O/c1-9-4-5-15-12(11(9)8-14)16-6-7-17-13(18)10-2-3-10/h4-5,10H,2-3,6-7H2,1H3,(H,15,16)(H,17,18). The van der Waals surface area contributed by atoms with Gasteiger partial charge in [-0.05, 0) is 31.4 Å². The lowest BCUT2D eigenvalue weighted by atomic mass is 10.1. The largest absolute Gasteiger partial charge is 0.367 e. The van der Waals surface area contributed by atoms with Gasteiger partial charge in [-0.1, -0.05) is 0 Å². The van der Waals surface area contributed by atoms with E-state index < -0.39 is 0 Å². The van der Waals surface area contributed by atoms with Crippen molar-refractivity contribution in [2.75, 3.05) is 18.4 Å². The number of hydrogen-bond donors (Lipinski definition) is 2. The Kier molecular flexibility index (Phi) is 3.78. The number of nitriles is 1. The lowest BCUT2D eigenvalue weighted by molar-refractivity contribution is -0.122. The van der Waals surface area contributed by atoms with Crippen molar-refractivity contribution in [3.63, 3.8) is 0 Å². The fourth-order valence-corrected chi connectivity index (χ4v) is 1.69. The average molecular weight is 244 g/mol. The van der Waals surface area contributed by atoms with E-state index in [2.05, 4.69) is 21.7 Å². The Labute approximate surface area is 106 Å². The monoisotopic (exact) mass is 244 g/mol. The third kappa shape index (κ3) is 2.98. The molecule has 1 amide bonds. The first-order valence-electron chi connectivity index (χ1n) is 6.09. The van der Waals surface area contributed by atoms with Gasteiger partial charge in [0.15, 0.2) is 0 Å². The van der Waals surface area contributed by atoms with Crippen molar-refractivity contribution < 1.29 is 4.79 Å². The summed E-state index contributed by atoms with van der Waals surface area (Å²) in [6.07, 6.45) is 3.69. The number of nitrogens with zero attached hydrogens (tertiary/aromatic N) is 2. The molecule has 0 spiro atoms. The van der Waals surface area contributed by atoms with Crippen molar-refractivity contribution in [2.24, 2.45) is 5.92 Å². The van der Waals surface area contributed by atoms with Crippen molar-refractivity contribution in [1.29, 1.82) is 5.26 Å². The van der Waals surface area contributed by atoms with Gasteiger partial charge in [0.05, 0.1) is 5.56 Å². The molecule has 1 aliphatic rings. The van der Waals surface area contributed by atoms with E-state index in [-0.39, 0.29) is 11.8 Å². The molecule has 1 aromatic heterocycles. The van der Waals surface area contributed by atoms with Crippen molar-refractivity contribution in [3.8, 4) is 6.07 Å². The summed E-state index contributed by atoms with van der Waals surface area (Å²) in [4.78, 5) is 15.5. The van der Waals surface area contributed by atoms with Crippen LogP contribution in [0.4, 0.5) is 5.82 Å². The number of aromatic nitrogens is 1. The molecular weight excluding hydrogens is 228 g/mol. The van der Waals surface area contributed by atoms with Crippen LogP contribution in [0.15, 0.2) is 12.3 Å². The highest BCUT2D eigenvalue weighted by atomic mass is 16.2. The van der Waals surface area contributed by atoms with Crippen LogP contribution in [0.25, 0.3) is 0 Å². The van der Waals surface area contributed by atoms with E-state index in [1.165, 1.54) is 0 Å². The molecule has 1 aliphatic carbocycles. The highest BCUT2D eigenvalue weighted by molar-refractivity contribution is 5.80. The van der Waals surface area contributed by atoms with E-state index >= 15 is 0 Å². The molecule has 18 heavy (non-hydrogen) atoms. The van der Waals surface area contributed by atoms with Gasteiger partial charge in [0.25, 0.3) is 0 Å². The van der Waals surface area contributed by atoms with Crippen LogP contribution in [0.3, 0.4) is 0 Å². The molecule has 0 unspecified atom stereocenters. The van der Waals surface area contributed by atoms with E-state index in [9.17, 15) is 4.79 Å². The second-order valence-corrected chi connectivity index (χ2v) is 4.46. The van der Waals surface area contributed by atoms with Crippen LogP contribution in [0, 0.1) is 24.2 Å². The first-order chi connectivity index (χ1) is 8.72. The summed E-state index contributed by atoms with van der Waals surface area (Å²) >= 11 is 0. The Balaban J connectivity index is 1.81. The number of pyridine rings is 1. The zero-order valence-electron chi connectivity index (χ0n) is 10.4. The van der Waals surface area contributed by atoms with Gasteiger partial charge in [0, 0.05) is 25.2 Å². The predicted molar refractivity (Wildman–Crippen MR) is 67.9 cm³/mol. The van der Waals surface area contributed by atoms with Gasteiger partial charge in [0.1, 0.15) is 11.9 Å². The second kappa shape index (κ2) is 5.50. The van der Waals surface area contributed by atoms with Crippen molar-refractivity contribution in [3.05, 3.63) is 23.4 Å². The Bertz CT molecular complexity index is 488. The molecular formula is C13H16N4O. The molecule has 0 radical (unpaired) electrons. The quantitative estimate of drug-likeness (QED) is 0.763. The Morgan fingerprint density at radius 1 is 1.56 bits per heavy atom. The van der Waals surface area contributed by atoms with Gasteiger partial charge in [-0.2, -0.15) is 5.26 Å². The van der Waals surface area contributed by atoms with Crippen LogP contribution < -0.4 is 10.6 Å². The fourth-order valence-electron chi connectivity index (χ4n) is 1.69. The molecule has 2 N–H and O–H groups in total. The van der Waals surface area contributed by atoms with Crippen molar-refractivity contribution >= 4 is 11.7 Å². The molecule has 0 saturated heterocycles. The maximum absolute atomic E-state index is 11.4. The van der Waals surface area contributed by atoms with Gasteiger partial charge < -0.3 is 10.6 Å². The number of amides is 1. The number of aryl methyl sites for hydroxylation is 1. The molecule has 5 nitrogen and oxygen atoms in total. The first-order valence-corrected chi connectivity index (χ1v) is 6.09. The minimum absolute atomic E-state index is 0.134. The van der Waals surface area contributed by atoms with Crippen LogP contribution in [0.2, 0.25) is 0 Å². The molecule has 5 heteroatoms. The summed E-state index contributed by atoms with van der Waals surface area (Å²) in [6, 6.07) is 3.93. The number of hydrogen-bond acceptors (Lipinski definition) is 4. The zero-order valence-corrected chi connectivity index (χ0v) is 10.4. The molecule has 2 rings (SSSR count). The Morgan fingerprint density at radius 2 is 2.33 bits per heavy atom. The number of nitrogens with one attached hydrogen (secondary N) is 2.